The predicted octanol–water partition coefficient (Wildman–Crippen LogP) is -0.848. The molecule has 0 aromatic heterocycles. The third-order valence-corrected chi connectivity index (χ3v) is 18.4. The Labute approximate surface area is 393 Å². The van der Waals surface area contributed by atoms with Gasteiger partial charge in [-0.1, -0.05) is 53.2 Å². The van der Waals surface area contributed by atoms with Crippen molar-refractivity contribution in [1.82, 2.24) is 0 Å². The Morgan fingerprint density at radius 2 is 1.24 bits per heavy atom. The van der Waals surface area contributed by atoms with Crippen molar-refractivity contribution >= 4 is 5.78 Å². The first-order chi connectivity index (χ1) is 31.2. The van der Waals surface area contributed by atoms with Crippen molar-refractivity contribution in [2.45, 2.75) is 217 Å². The third-order valence-electron chi connectivity index (χ3n) is 18.4. The lowest BCUT2D eigenvalue weighted by molar-refractivity contribution is -0.341. The van der Waals surface area contributed by atoms with Gasteiger partial charge in [-0.3, -0.25) is 4.79 Å². The number of Topliss-reactive ketones (excluding diaryl/α,β-unsaturated/α-hetero) is 1. The van der Waals surface area contributed by atoms with Gasteiger partial charge in [0.25, 0.3) is 0 Å². The van der Waals surface area contributed by atoms with Crippen LogP contribution >= 0.6 is 0 Å². The van der Waals surface area contributed by atoms with Crippen molar-refractivity contribution in [1.29, 1.82) is 0 Å². The molecule has 0 spiro atoms. The average Bonchev–Trinajstić information content (AvgIpc) is 3.54. The number of carbonyl (C=O) groups excluding carboxylic acids is 1. The highest BCUT2D eigenvalue weighted by molar-refractivity contribution is 5.88. The minimum absolute atomic E-state index is 0.0400. The first-order valence-corrected chi connectivity index (χ1v) is 24.4. The summed E-state index contributed by atoms with van der Waals surface area (Å²) >= 11 is 0. The lowest BCUT2D eigenvalue weighted by Crippen LogP contribution is -2.64. The van der Waals surface area contributed by atoms with Crippen LogP contribution in [0.4, 0.5) is 0 Å². The minimum Gasteiger partial charge on any atom is -0.394 e. The number of aliphatic hydroxyl groups excluding tert-OH is 11. The molecule has 4 aliphatic carbocycles. The molecule has 0 aromatic carbocycles. The minimum atomic E-state index is -1.76. The Balaban J connectivity index is 1.02. The molecule has 0 amide bonds. The first kappa shape index (κ1) is 53.5. The second-order valence-electron chi connectivity index (χ2n) is 22.9. The molecule has 0 bridgehead atoms. The van der Waals surface area contributed by atoms with Crippen LogP contribution in [-0.2, 0) is 33.2 Å². The van der Waals surface area contributed by atoms with Gasteiger partial charge in [0, 0.05) is 17.3 Å². The van der Waals surface area contributed by atoms with E-state index in [0.29, 0.717) is 38.5 Å². The maximum absolute atomic E-state index is 15.0. The van der Waals surface area contributed by atoms with Crippen molar-refractivity contribution in [3.05, 3.63) is 11.6 Å². The van der Waals surface area contributed by atoms with Gasteiger partial charge in [0.2, 0.25) is 0 Å². The SMILES string of the molecule is C[C@H](CC[C@@H](O[C@@H]1O[C@H](CO[C@@H]2O[C@H](CO)[C@@H](O)[C@H](O)[C@H]2O)[C@@H](O)[C@H](O)[C@H]1O)C(C)(C)O)[C@H]1CC[C@@]2(C)[C@@H]3CC=C4[C@@H](CC[C@H](O[C@@H]5O[C@H](CO)[C@@H](O)[C@H](O)[C@H]5O)C4(C)C)[C@]3(C)C(=O)C[C@]12C. The number of hydrogen-bond donors (Lipinski definition) is 12. The Hall–Kier alpha value is -1.31. The second kappa shape index (κ2) is 19.6. The monoisotopic (exact) mass is 961 g/mol. The molecular weight excluding hydrogens is 881 g/mol. The molecule has 0 aromatic rings. The molecule has 7 aliphatic rings. The van der Waals surface area contributed by atoms with Crippen LogP contribution in [0.2, 0.25) is 0 Å². The number of carbonyl (C=O) groups is 1. The zero-order valence-electron chi connectivity index (χ0n) is 40.2. The molecule has 6 fully saturated rings. The van der Waals surface area contributed by atoms with E-state index in [0.717, 1.165) is 18.4 Å². The van der Waals surface area contributed by atoms with Crippen LogP contribution in [0.1, 0.15) is 107 Å². The van der Waals surface area contributed by atoms with E-state index in [4.69, 9.17) is 28.4 Å². The van der Waals surface area contributed by atoms with E-state index >= 15 is 4.79 Å². The summed E-state index contributed by atoms with van der Waals surface area (Å²) in [6.07, 6.45) is -16.8. The Morgan fingerprint density at radius 3 is 1.82 bits per heavy atom. The summed E-state index contributed by atoms with van der Waals surface area (Å²) < 4.78 is 35.3. The highest BCUT2D eigenvalue weighted by Gasteiger charge is 2.70. The highest BCUT2D eigenvalue weighted by atomic mass is 16.7. The van der Waals surface area contributed by atoms with E-state index in [1.165, 1.54) is 0 Å². The fourth-order valence-corrected chi connectivity index (χ4v) is 13.9. The summed E-state index contributed by atoms with van der Waals surface area (Å²) in [5, 5.41) is 126. The van der Waals surface area contributed by atoms with E-state index in [1.807, 2.05) is 0 Å². The fraction of sp³-hybridized carbons (Fsp3) is 0.938. The molecule has 0 radical (unpaired) electrons. The highest BCUT2D eigenvalue weighted by Crippen LogP contribution is 2.74. The molecule has 19 nitrogen and oxygen atoms in total. The van der Waals surface area contributed by atoms with Gasteiger partial charge in [0.1, 0.15) is 79.0 Å². The molecule has 67 heavy (non-hydrogen) atoms. The molecule has 3 aliphatic heterocycles. The zero-order chi connectivity index (χ0) is 49.5. The van der Waals surface area contributed by atoms with E-state index in [2.05, 4.69) is 47.6 Å². The standard InChI is InChI=1S/C48H80O19/c1-21(9-13-31(45(4,5)61)67-43-40(60)37(57)34(54)27(65-43)20-62-41-38(58)35(55)32(52)25(18-49)63-41)22-15-16-46(6)28-12-10-23-24(48(28,8)29(51)17-47(22,46)7)11-14-30(44(23,2)3)66-42-39(59)36(56)33(53)26(19-50)64-42/h10,21-22,24-28,30-43,49-50,52-61H,9,11-20H2,1-8H3/t21-,22-,24-,25-,26-,27-,28+,30+,31-,32-,33-,34-,35+,36+,37+,38-,39-,40-,41-,42+,43+,46+,47-,48+/m1/s1. The molecule has 0 unspecified atom stereocenters. The van der Waals surface area contributed by atoms with E-state index in [-0.39, 0.29) is 40.3 Å². The van der Waals surface area contributed by atoms with Gasteiger partial charge in [-0.2, -0.15) is 0 Å². The van der Waals surface area contributed by atoms with Crippen molar-refractivity contribution in [2.75, 3.05) is 19.8 Å². The second-order valence-corrected chi connectivity index (χ2v) is 22.9. The summed E-state index contributed by atoms with van der Waals surface area (Å²) in [6, 6.07) is 0. The number of hydrogen-bond acceptors (Lipinski definition) is 19. The fourth-order valence-electron chi connectivity index (χ4n) is 13.9. The molecule has 3 heterocycles. The molecule has 19 heteroatoms. The zero-order valence-corrected chi connectivity index (χ0v) is 40.2. The normalized spacial score (nSPS) is 49.9. The molecule has 12 N–H and O–H groups in total. The van der Waals surface area contributed by atoms with Gasteiger partial charge in [-0.15, -0.1) is 0 Å². The maximum atomic E-state index is 15.0. The Morgan fingerprint density at radius 1 is 0.701 bits per heavy atom. The number of fused-ring (bicyclic) bond motifs is 5. The summed E-state index contributed by atoms with van der Waals surface area (Å²) in [7, 11) is 0. The predicted molar refractivity (Wildman–Crippen MR) is 234 cm³/mol. The Kier molecular flexibility index (Phi) is 15.7. The largest absolute Gasteiger partial charge is 0.394 e. The summed E-state index contributed by atoms with van der Waals surface area (Å²) in [6.45, 7) is 14.5. The molecule has 3 saturated carbocycles. The molecule has 7 rings (SSSR count). The van der Waals surface area contributed by atoms with Crippen molar-refractivity contribution in [3.63, 3.8) is 0 Å². The first-order valence-electron chi connectivity index (χ1n) is 24.4. The van der Waals surface area contributed by atoms with Crippen LogP contribution in [0.5, 0.6) is 0 Å². The van der Waals surface area contributed by atoms with Gasteiger partial charge in [-0.25, -0.2) is 0 Å². The van der Waals surface area contributed by atoms with Crippen LogP contribution in [0.3, 0.4) is 0 Å². The topological polar surface area (TPSA) is 315 Å². The van der Waals surface area contributed by atoms with E-state index in [1.54, 1.807) is 13.8 Å². The van der Waals surface area contributed by atoms with Crippen LogP contribution in [0.15, 0.2) is 11.6 Å². The average molecular weight is 961 g/mol. The summed E-state index contributed by atoms with van der Waals surface area (Å²) in [5.41, 5.74) is -2.07. The van der Waals surface area contributed by atoms with Crippen molar-refractivity contribution in [3.8, 4) is 0 Å². The van der Waals surface area contributed by atoms with Crippen LogP contribution < -0.4 is 0 Å². The smallest absolute Gasteiger partial charge is 0.187 e. The number of ketones is 1. The summed E-state index contributed by atoms with van der Waals surface area (Å²) in [4.78, 5) is 15.0. The third kappa shape index (κ3) is 9.15. The molecule has 386 valence electrons. The maximum Gasteiger partial charge on any atom is 0.187 e. The number of rotatable bonds is 14. The van der Waals surface area contributed by atoms with Crippen LogP contribution in [0.25, 0.3) is 0 Å². The van der Waals surface area contributed by atoms with Crippen molar-refractivity contribution in [2.24, 2.45) is 45.3 Å². The number of allylic oxidation sites excluding steroid dienone is 1. The Bertz CT molecular complexity index is 1750. The van der Waals surface area contributed by atoms with E-state index in [9.17, 15) is 61.3 Å². The molecular formula is C48H80O19. The van der Waals surface area contributed by atoms with Gasteiger partial charge in [0.15, 0.2) is 18.9 Å². The number of ether oxygens (including phenoxy) is 6. The van der Waals surface area contributed by atoms with Gasteiger partial charge < -0.3 is 89.7 Å². The lowest BCUT2D eigenvalue weighted by Gasteiger charge is -2.65. The van der Waals surface area contributed by atoms with Gasteiger partial charge in [-0.05, 0) is 93.3 Å². The number of aliphatic hydroxyl groups is 12. The molecule has 3 saturated heterocycles. The van der Waals surface area contributed by atoms with E-state index < -0.39 is 141 Å². The van der Waals surface area contributed by atoms with Crippen molar-refractivity contribution < 1.29 is 94.5 Å². The molecule has 24 atom stereocenters. The quantitative estimate of drug-likeness (QED) is 0.0944. The van der Waals surface area contributed by atoms with Crippen LogP contribution in [0, 0.1) is 45.3 Å². The van der Waals surface area contributed by atoms with Gasteiger partial charge in [0.05, 0.1) is 37.6 Å². The summed E-state index contributed by atoms with van der Waals surface area (Å²) in [5.74, 6) is 0.485. The van der Waals surface area contributed by atoms with Gasteiger partial charge >= 0.3 is 0 Å². The van der Waals surface area contributed by atoms with Crippen LogP contribution in [-0.4, -0.2) is 197 Å². The lowest BCUT2D eigenvalue weighted by atomic mass is 9.38.